The second-order valence-corrected chi connectivity index (χ2v) is 10.3. The quantitative estimate of drug-likeness (QED) is 0.245. The van der Waals surface area contributed by atoms with Crippen LogP contribution in [0.1, 0.15) is 10.4 Å². The molecule has 0 aliphatic carbocycles. The Labute approximate surface area is 204 Å². The van der Waals surface area contributed by atoms with Crippen molar-refractivity contribution in [3.63, 3.8) is 0 Å². The molecular weight excluding hydrogens is 547 g/mol. The van der Waals surface area contributed by atoms with E-state index in [9.17, 15) is 8.42 Å². The number of sulfonamides is 1. The summed E-state index contributed by atoms with van der Waals surface area (Å²) in [6.45, 7) is 1.23. The van der Waals surface area contributed by atoms with Crippen LogP contribution in [0.3, 0.4) is 0 Å². The molecule has 3 rings (SSSR count). The maximum absolute atomic E-state index is 12.2. The first kappa shape index (κ1) is 25.3. The highest BCUT2D eigenvalue weighted by Crippen LogP contribution is 2.23. The normalized spacial score (nSPS) is 11.9. The van der Waals surface area contributed by atoms with Gasteiger partial charge in [-0.3, -0.25) is 4.99 Å². The minimum Gasteiger partial charge on any atom is -0.356 e. The largest absolute Gasteiger partial charge is 0.356 e. The number of nitrogens with one attached hydrogen (secondary N) is 2. The summed E-state index contributed by atoms with van der Waals surface area (Å²) in [5.74, 6) is 0.675. The second-order valence-electron chi connectivity index (χ2n) is 6.73. The van der Waals surface area contributed by atoms with Crippen LogP contribution in [0.5, 0.6) is 0 Å². The highest BCUT2D eigenvalue weighted by atomic mass is 127. The first-order valence-corrected chi connectivity index (χ1v) is 11.7. The zero-order chi connectivity index (χ0) is 21.6. The van der Waals surface area contributed by atoms with Crippen molar-refractivity contribution in [3.8, 4) is 5.69 Å². The Morgan fingerprint density at radius 1 is 1.16 bits per heavy atom. The maximum atomic E-state index is 12.2. The van der Waals surface area contributed by atoms with E-state index in [1.807, 2.05) is 35.1 Å². The number of halogens is 1. The van der Waals surface area contributed by atoms with Gasteiger partial charge in [0.25, 0.3) is 10.0 Å². The SMILES string of the molecule is CN=C(NCCc1ccc(-n2cccn2)cc1)NCc1ccc(S(=O)(=O)N(C)C)s1.I. The van der Waals surface area contributed by atoms with Crippen molar-refractivity contribution in [3.05, 3.63) is 65.3 Å². The summed E-state index contributed by atoms with van der Waals surface area (Å²) in [5, 5.41) is 10.7. The molecule has 0 bridgehead atoms. The molecule has 2 aromatic heterocycles. The summed E-state index contributed by atoms with van der Waals surface area (Å²) >= 11 is 1.26. The predicted molar refractivity (Wildman–Crippen MR) is 136 cm³/mol. The van der Waals surface area contributed by atoms with Crippen molar-refractivity contribution in [2.45, 2.75) is 17.2 Å². The third-order valence-electron chi connectivity index (χ3n) is 4.44. The number of hydrogen-bond acceptors (Lipinski definition) is 5. The molecule has 0 atom stereocenters. The number of benzene rings is 1. The zero-order valence-corrected chi connectivity index (χ0v) is 21.6. The third kappa shape index (κ3) is 6.76. The molecule has 2 N–H and O–H groups in total. The highest BCUT2D eigenvalue weighted by molar-refractivity contribution is 14.0. The summed E-state index contributed by atoms with van der Waals surface area (Å²) in [5.41, 5.74) is 2.24. The molecule has 0 spiro atoms. The fraction of sp³-hybridized carbons (Fsp3) is 0.300. The zero-order valence-electron chi connectivity index (χ0n) is 17.6. The van der Waals surface area contributed by atoms with Gasteiger partial charge in [-0.15, -0.1) is 35.3 Å². The molecular formula is C20H27IN6O2S2. The first-order chi connectivity index (χ1) is 14.4. The minimum atomic E-state index is -3.39. The van der Waals surface area contributed by atoms with E-state index in [1.165, 1.54) is 35.3 Å². The fourth-order valence-corrected chi connectivity index (χ4v) is 5.19. The Morgan fingerprint density at radius 2 is 1.90 bits per heavy atom. The number of nitrogens with zero attached hydrogens (tertiary/aromatic N) is 4. The average Bonchev–Trinajstić information content (AvgIpc) is 3.43. The van der Waals surface area contributed by atoms with E-state index in [1.54, 1.807) is 19.3 Å². The molecule has 0 aliphatic rings. The van der Waals surface area contributed by atoms with Gasteiger partial charge in [-0.1, -0.05) is 12.1 Å². The van der Waals surface area contributed by atoms with E-state index >= 15 is 0 Å². The van der Waals surface area contributed by atoms with E-state index in [4.69, 9.17) is 0 Å². The fourth-order valence-electron chi connectivity index (χ4n) is 2.73. The molecule has 0 saturated heterocycles. The topological polar surface area (TPSA) is 91.6 Å². The Hall–Kier alpha value is -1.96. The van der Waals surface area contributed by atoms with Gasteiger partial charge in [0.1, 0.15) is 4.21 Å². The van der Waals surface area contributed by atoms with Crippen molar-refractivity contribution < 1.29 is 8.42 Å². The van der Waals surface area contributed by atoms with Crippen molar-refractivity contribution in [1.82, 2.24) is 24.7 Å². The molecule has 11 heteroatoms. The summed E-state index contributed by atoms with van der Waals surface area (Å²) < 4.78 is 27.7. The van der Waals surface area contributed by atoms with Gasteiger partial charge in [-0.25, -0.2) is 17.4 Å². The number of thiophene rings is 1. The second kappa shape index (κ2) is 11.6. The van der Waals surface area contributed by atoms with E-state index in [-0.39, 0.29) is 24.0 Å². The van der Waals surface area contributed by atoms with Crippen LogP contribution in [0.2, 0.25) is 0 Å². The van der Waals surface area contributed by atoms with Crippen LogP contribution < -0.4 is 10.6 Å². The van der Waals surface area contributed by atoms with Crippen LogP contribution in [0.25, 0.3) is 5.69 Å². The Bertz CT molecular complexity index is 1080. The minimum absolute atomic E-state index is 0. The molecule has 2 heterocycles. The predicted octanol–water partition coefficient (Wildman–Crippen LogP) is 2.71. The van der Waals surface area contributed by atoms with E-state index in [2.05, 4.69) is 32.9 Å². The lowest BCUT2D eigenvalue weighted by Crippen LogP contribution is -2.37. The van der Waals surface area contributed by atoms with Gasteiger partial charge in [0, 0.05) is 45.0 Å². The van der Waals surface area contributed by atoms with Gasteiger partial charge in [0.05, 0.1) is 12.2 Å². The average molecular weight is 575 g/mol. The Balaban J connectivity index is 0.00000341. The summed E-state index contributed by atoms with van der Waals surface area (Å²) in [4.78, 5) is 5.15. The van der Waals surface area contributed by atoms with Crippen LogP contribution in [-0.2, 0) is 23.0 Å². The first-order valence-electron chi connectivity index (χ1n) is 9.45. The monoisotopic (exact) mass is 574 g/mol. The van der Waals surface area contributed by atoms with Gasteiger partial charge in [0.2, 0.25) is 0 Å². The summed E-state index contributed by atoms with van der Waals surface area (Å²) in [7, 11) is 1.39. The molecule has 0 unspecified atom stereocenters. The molecule has 3 aromatic rings. The number of aromatic nitrogens is 2. The Kier molecular flexibility index (Phi) is 9.47. The van der Waals surface area contributed by atoms with Crippen molar-refractivity contribution in [2.24, 2.45) is 4.99 Å². The molecule has 0 radical (unpaired) electrons. The number of rotatable bonds is 8. The van der Waals surface area contributed by atoms with Gasteiger partial charge in [-0.2, -0.15) is 5.10 Å². The highest BCUT2D eigenvalue weighted by Gasteiger charge is 2.19. The van der Waals surface area contributed by atoms with Crippen molar-refractivity contribution >= 4 is 51.3 Å². The van der Waals surface area contributed by atoms with Crippen LogP contribution in [0.4, 0.5) is 0 Å². The number of guanidine groups is 1. The lowest BCUT2D eigenvalue weighted by atomic mass is 10.1. The molecule has 0 amide bonds. The van der Waals surface area contributed by atoms with Crippen LogP contribution >= 0.6 is 35.3 Å². The smallest absolute Gasteiger partial charge is 0.252 e. The molecule has 31 heavy (non-hydrogen) atoms. The lowest BCUT2D eigenvalue weighted by molar-refractivity contribution is 0.523. The van der Waals surface area contributed by atoms with Crippen LogP contribution in [0, 0.1) is 0 Å². The molecule has 0 saturated carbocycles. The van der Waals surface area contributed by atoms with Gasteiger partial charge < -0.3 is 10.6 Å². The van der Waals surface area contributed by atoms with E-state index in [0.29, 0.717) is 16.7 Å². The van der Waals surface area contributed by atoms with Gasteiger partial charge in [0.15, 0.2) is 5.96 Å². The molecule has 0 fully saturated rings. The molecule has 8 nitrogen and oxygen atoms in total. The third-order valence-corrected chi connectivity index (χ3v) is 7.80. The molecule has 0 aliphatic heterocycles. The lowest BCUT2D eigenvalue weighted by Gasteiger charge is -2.11. The standard InChI is InChI=1S/C20H26N6O2S2.HI/c1-21-20(23-15-18-9-10-19(29-18)30(27,28)25(2)3)22-13-11-16-5-7-17(8-6-16)26-14-4-12-24-26;/h4-10,12,14H,11,13,15H2,1-3H3,(H2,21,22,23);1H. The molecule has 1 aromatic carbocycles. The molecule has 168 valence electrons. The van der Waals surface area contributed by atoms with Crippen molar-refractivity contribution in [2.75, 3.05) is 27.7 Å². The van der Waals surface area contributed by atoms with Crippen molar-refractivity contribution in [1.29, 1.82) is 0 Å². The van der Waals surface area contributed by atoms with E-state index in [0.717, 1.165) is 23.5 Å². The maximum Gasteiger partial charge on any atom is 0.252 e. The van der Waals surface area contributed by atoms with Crippen LogP contribution in [0.15, 0.2) is 64.1 Å². The van der Waals surface area contributed by atoms with Gasteiger partial charge in [-0.05, 0) is 42.3 Å². The number of hydrogen-bond donors (Lipinski definition) is 2. The van der Waals surface area contributed by atoms with Crippen LogP contribution in [-0.4, -0.2) is 56.2 Å². The summed E-state index contributed by atoms with van der Waals surface area (Å²) in [6, 6.07) is 13.6. The summed E-state index contributed by atoms with van der Waals surface area (Å²) in [6.07, 6.45) is 4.53. The Morgan fingerprint density at radius 3 is 2.52 bits per heavy atom. The number of aliphatic imine (C=N–C) groups is 1. The van der Waals surface area contributed by atoms with Gasteiger partial charge >= 0.3 is 0 Å². The van der Waals surface area contributed by atoms with E-state index < -0.39 is 10.0 Å².